The van der Waals surface area contributed by atoms with Gasteiger partial charge in [-0.15, -0.1) is 0 Å². The van der Waals surface area contributed by atoms with E-state index in [1.54, 1.807) is 0 Å². The summed E-state index contributed by atoms with van der Waals surface area (Å²) < 4.78 is 0. The molecule has 0 unspecified atom stereocenters. The highest BCUT2D eigenvalue weighted by Crippen LogP contribution is 2.12. The van der Waals surface area contributed by atoms with Crippen LogP contribution in [0.1, 0.15) is 5.56 Å². The van der Waals surface area contributed by atoms with E-state index in [1.165, 1.54) is 24.3 Å². The molecule has 0 aromatic heterocycles. The van der Waals surface area contributed by atoms with Gasteiger partial charge in [0.15, 0.2) is 0 Å². The van der Waals surface area contributed by atoms with E-state index in [2.05, 4.69) is 10.6 Å². The van der Waals surface area contributed by atoms with Crippen LogP contribution in [0.5, 0.6) is 0 Å². The molecule has 0 aliphatic rings. The highest BCUT2D eigenvalue weighted by atomic mass is 16.6. The molecular formula is C12H13N3O6. The summed E-state index contributed by atoms with van der Waals surface area (Å²) in [6.07, 6.45) is -0.0375. The highest BCUT2D eigenvalue weighted by Gasteiger charge is 2.09. The standard InChI is InChI=1S/C12H13N3O6/c16-10(13-6-11(17)14-7-12(18)19)5-8-1-3-9(4-2-8)15(20)21/h1-4H,5-7H2,(H,13,16)(H,14,17)(H,18,19). The molecule has 0 spiro atoms. The Bertz CT molecular complexity index is 555. The summed E-state index contributed by atoms with van der Waals surface area (Å²) in [6.45, 7) is -0.851. The summed E-state index contributed by atoms with van der Waals surface area (Å²) in [5.74, 6) is -2.25. The van der Waals surface area contributed by atoms with Crippen LogP contribution in [0.15, 0.2) is 24.3 Å². The lowest BCUT2D eigenvalue weighted by Gasteiger charge is -2.05. The van der Waals surface area contributed by atoms with E-state index in [9.17, 15) is 24.5 Å². The SMILES string of the molecule is O=C(O)CNC(=O)CNC(=O)Cc1ccc([N+](=O)[O-])cc1. The van der Waals surface area contributed by atoms with Crippen molar-refractivity contribution in [2.45, 2.75) is 6.42 Å². The number of nitro benzene ring substituents is 1. The van der Waals surface area contributed by atoms with Gasteiger partial charge in [0.05, 0.1) is 17.9 Å². The molecule has 0 radical (unpaired) electrons. The van der Waals surface area contributed by atoms with E-state index in [1.807, 2.05) is 0 Å². The molecule has 0 atom stereocenters. The summed E-state index contributed by atoms with van der Waals surface area (Å²) in [7, 11) is 0. The lowest BCUT2D eigenvalue weighted by atomic mass is 10.1. The maximum Gasteiger partial charge on any atom is 0.322 e. The number of nitrogens with one attached hydrogen (secondary N) is 2. The number of benzene rings is 1. The quantitative estimate of drug-likeness (QED) is 0.456. The zero-order valence-electron chi connectivity index (χ0n) is 10.9. The molecule has 0 saturated heterocycles. The number of hydrogen-bond acceptors (Lipinski definition) is 5. The van der Waals surface area contributed by atoms with Crippen LogP contribution in [0.25, 0.3) is 0 Å². The summed E-state index contributed by atoms with van der Waals surface area (Å²) >= 11 is 0. The van der Waals surface area contributed by atoms with Crippen LogP contribution in [0.4, 0.5) is 5.69 Å². The number of carboxylic acids is 1. The first-order valence-corrected chi connectivity index (χ1v) is 5.87. The van der Waals surface area contributed by atoms with Gasteiger partial charge in [-0.2, -0.15) is 0 Å². The van der Waals surface area contributed by atoms with Crippen molar-refractivity contribution in [1.29, 1.82) is 0 Å². The van der Waals surface area contributed by atoms with Gasteiger partial charge in [-0.1, -0.05) is 12.1 Å². The molecule has 0 saturated carbocycles. The minimum absolute atomic E-state index is 0.0375. The second-order valence-corrected chi connectivity index (χ2v) is 4.05. The van der Waals surface area contributed by atoms with Gasteiger partial charge in [-0.3, -0.25) is 24.5 Å². The molecule has 0 fully saturated rings. The molecular weight excluding hydrogens is 282 g/mol. The molecule has 3 N–H and O–H groups in total. The molecule has 1 aromatic carbocycles. The number of amides is 2. The Morgan fingerprint density at radius 1 is 1.05 bits per heavy atom. The van der Waals surface area contributed by atoms with E-state index in [-0.39, 0.29) is 18.7 Å². The number of carbonyl (C=O) groups is 3. The molecule has 2 amide bonds. The summed E-state index contributed by atoms with van der Waals surface area (Å²) in [6, 6.07) is 5.45. The Morgan fingerprint density at radius 3 is 2.14 bits per heavy atom. The van der Waals surface area contributed by atoms with Crippen molar-refractivity contribution in [2.75, 3.05) is 13.1 Å². The number of nitrogens with zero attached hydrogens (tertiary/aromatic N) is 1. The molecule has 1 aromatic rings. The first-order valence-electron chi connectivity index (χ1n) is 5.87. The third-order valence-electron chi connectivity index (χ3n) is 2.39. The average molecular weight is 295 g/mol. The van der Waals surface area contributed by atoms with Gasteiger partial charge in [0, 0.05) is 12.1 Å². The van der Waals surface area contributed by atoms with Crippen molar-refractivity contribution < 1.29 is 24.4 Å². The van der Waals surface area contributed by atoms with Crippen LogP contribution in [0, 0.1) is 10.1 Å². The lowest BCUT2D eigenvalue weighted by molar-refractivity contribution is -0.384. The second-order valence-electron chi connectivity index (χ2n) is 4.05. The fraction of sp³-hybridized carbons (Fsp3) is 0.250. The Kier molecular flexibility index (Phi) is 5.80. The molecule has 9 heteroatoms. The fourth-order valence-corrected chi connectivity index (χ4v) is 1.40. The van der Waals surface area contributed by atoms with E-state index in [0.717, 1.165) is 0 Å². The van der Waals surface area contributed by atoms with Crippen LogP contribution in [-0.2, 0) is 20.8 Å². The maximum atomic E-state index is 11.5. The number of aliphatic carboxylic acids is 1. The third-order valence-corrected chi connectivity index (χ3v) is 2.39. The molecule has 1 rings (SSSR count). The number of carbonyl (C=O) groups excluding carboxylic acids is 2. The number of hydrogen-bond donors (Lipinski definition) is 3. The number of carboxylic acid groups (broad SMARTS) is 1. The monoisotopic (exact) mass is 295 g/mol. The zero-order chi connectivity index (χ0) is 15.8. The summed E-state index contributed by atoms with van der Waals surface area (Å²) in [5.41, 5.74) is 0.483. The Labute approximate surface area is 119 Å². The number of non-ortho nitro benzene ring substituents is 1. The van der Waals surface area contributed by atoms with E-state index >= 15 is 0 Å². The fourth-order valence-electron chi connectivity index (χ4n) is 1.40. The number of rotatable bonds is 7. The van der Waals surface area contributed by atoms with Crippen LogP contribution in [-0.4, -0.2) is 40.9 Å². The van der Waals surface area contributed by atoms with Crippen LogP contribution in [0.3, 0.4) is 0 Å². The van der Waals surface area contributed by atoms with Crippen molar-refractivity contribution in [3.63, 3.8) is 0 Å². The predicted molar refractivity (Wildman–Crippen MR) is 70.5 cm³/mol. The van der Waals surface area contributed by atoms with Crippen molar-refractivity contribution >= 4 is 23.5 Å². The van der Waals surface area contributed by atoms with Crippen molar-refractivity contribution in [1.82, 2.24) is 10.6 Å². The summed E-state index contributed by atoms with van der Waals surface area (Å²) in [5, 5.41) is 23.2. The first kappa shape index (κ1) is 16.1. The minimum atomic E-state index is -1.18. The molecule has 9 nitrogen and oxygen atoms in total. The maximum absolute atomic E-state index is 11.5. The van der Waals surface area contributed by atoms with E-state index in [4.69, 9.17) is 5.11 Å². The van der Waals surface area contributed by atoms with E-state index in [0.29, 0.717) is 5.56 Å². The number of nitro groups is 1. The largest absolute Gasteiger partial charge is 0.480 e. The lowest BCUT2D eigenvalue weighted by Crippen LogP contribution is -2.39. The molecule has 0 bridgehead atoms. The van der Waals surface area contributed by atoms with Gasteiger partial charge >= 0.3 is 5.97 Å². The molecule has 0 aliphatic heterocycles. The van der Waals surface area contributed by atoms with Gasteiger partial charge in [-0.05, 0) is 5.56 Å². The second kappa shape index (κ2) is 7.58. The van der Waals surface area contributed by atoms with Gasteiger partial charge < -0.3 is 15.7 Å². The van der Waals surface area contributed by atoms with Crippen LogP contribution >= 0.6 is 0 Å². The van der Waals surface area contributed by atoms with Gasteiger partial charge in [0.25, 0.3) is 5.69 Å². The van der Waals surface area contributed by atoms with E-state index < -0.39 is 29.3 Å². The smallest absolute Gasteiger partial charge is 0.322 e. The van der Waals surface area contributed by atoms with Crippen LogP contribution < -0.4 is 10.6 Å². The topological polar surface area (TPSA) is 139 Å². The molecule has 112 valence electrons. The van der Waals surface area contributed by atoms with Gasteiger partial charge in [0.1, 0.15) is 6.54 Å². The predicted octanol–water partition coefficient (Wildman–Crippen LogP) is -0.546. The molecule has 21 heavy (non-hydrogen) atoms. The third kappa shape index (κ3) is 6.14. The Hall–Kier alpha value is -2.97. The van der Waals surface area contributed by atoms with Crippen LogP contribution in [0.2, 0.25) is 0 Å². The average Bonchev–Trinajstić information content (AvgIpc) is 2.43. The zero-order valence-corrected chi connectivity index (χ0v) is 10.9. The normalized spacial score (nSPS) is 9.71. The van der Waals surface area contributed by atoms with Gasteiger partial charge in [0.2, 0.25) is 11.8 Å². The Balaban J connectivity index is 2.38. The molecule has 0 heterocycles. The van der Waals surface area contributed by atoms with Gasteiger partial charge in [-0.25, -0.2) is 0 Å². The molecule has 0 aliphatic carbocycles. The Morgan fingerprint density at radius 2 is 1.62 bits per heavy atom. The van der Waals surface area contributed by atoms with Crippen molar-refractivity contribution in [3.05, 3.63) is 39.9 Å². The summed E-state index contributed by atoms with van der Waals surface area (Å²) in [4.78, 5) is 42.8. The van der Waals surface area contributed by atoms with Crippen molar-refractivity contribution in [2.24, 2.45) is 0 Å². The highest BCUT2D eigenvalue weighted by molar-refractivity contribution is 5.87. The minimum Gasteiger partial charge on any atom is -0.480 e. The van der Waals surface area contributed by atoms with Crippen molar-refractivity contribution in [3.8, 4) is 0 Å². The first-order chi connectivity index (χ1) is 9.88.